The summed E-state index contributed by atoms with van der Waals surface area (Å²) in [7, 11) is 0. The van der Waals surface area contributed by atoms with Gasteiger partial charge in [-0.2, -0.15) is 0 Å². The van der Waals surface area contributed by atoms with Gasteiger partial charge in [-0.25, -0.2) is 0 Å². The van der Waals surface area contributed by atoms with Gasteiger partial charge in [-0.15, -0.1) is 0 Å². The Morgan fingerprint density at radius 3 is 0.959 bits per heavy atom. The molecule has 0 aliphatic heterocycles. The number of allylic oxidation sites excluding steroid dienone is 3. The van der Waals surface area contributed by atoms with Crippen LogP contribution in [0.1, 0.15) is 373 Å². The summed E-state index contributed by atoms with van der Waals surface area (Å²) in [5, 5.41) is 23.2. The molecule has 438 valence electrons. The fourth-order valence-electron chi connectivity index (χ4n) is 10.6. The van der Waals surface area contributed by atoms with Gasteiger partial charge >= 0.3 is 5.97 Å². The van der Waals surface area contributed by atoms with Gasteiger partial charge in [-0.1, -0.05) is 327 Å². The van der Waals surface area contributed by atoms with Crippen LogP contribution in [-0.4, -0.2) is 47.4 Å². The monoisotopic (exact) mass is 1040 g/mol. The molecule has 3 N–H and O–H groups in total. The van der Waals surface area contributed by atoms with Crippen LogP contribution in [0, 0.1) is 0 Å². The largest absolute Gasteiger partial charge is 0.466 e. The van der Waals surface area contributed by atoms with Crippen molar-refractivity contribution in [1.29, 1.82) is 0 Å². The number of amides is 1. The average Bonchev–Trinajstić information content (AvgIpc) is 3.40. The van der Waals surface area contributed by atoms with E-state index < -0.39 is 12.1 Å². The van der Waals surface area contributed by atoms with Gasteiger partial charge in [-0.05, 0) is 57.8 Å². The summed E-state index contributed by atoms with van der Waals surface area (Å²) < 4.78 is 5.49. The van der Waals surface area contributed by atoms with Gasteiger partial charge in [0.05, 0.1) is 25.4 Å². The first-order valence-corrected chi connectivity index (χ1v) is 33.6. The number of rotatable bonds is 63. The second-order valence-corrected chi connectivity index (χ2v) is 23.2. The molecule has 0 fully saturated rings. The summed E-state index contributed by atoms with van der Waals surface area (Å²) >= 11 is 0. The molecule has 1 amide bonds. The van der Waals surface area contributed by atoms with E-state index in [1.807, 2.05) is 6.08 Å². The highest BCUT2D eigenvalue weighted by Crippen LogP contribution is 2.18. The van der Waals surface area contributed by atoms with Crippen LogP contribution in [0.25, 0.3) is 0 Å². The van der Waals surface area contributed by atoms with Gasteiger partial charge in [0, 0.05) is 12.8 Å². The molecule has 0 radical (unpaired) electrons. The van der Waals surface area contributed by atoms with Gasteiger partial charge in [0.15, 0.2) is 0 Å². The van der Waals surface area contributed by atoms with Crippen molar-refractivity contribution >= 4 is 11.9 Å². The van der Waals surface area contributed by atoms with Crippen molar-refractivity contribution in [2.45, 2.75) is 386 Å². The maximum atomic E-state index is 12.5. The Hall–Kier alpha value is -1.66. The molecule has 0 heterocycles. The molecule has 6 nitrogen and oxygen atoms in total. The molecule has 0 aromatic heterocycles. The molecule has 0 aliphatic rings. The zero-order valence-electron chi connectivity index (χ0n) is 50.1. The van der Waals surface area contributed by atoms with Crippen molar-refractivity contribution in [2.24, 2.45) is 0 Å². The number of aliphatic hydroxyl groups is 2. The van der Waals surface area contributed by atoms with Crippen LogP contribution in [-0.2, 0) is 14.3 Å². The number of carbonyl (C=O) groups excluding carboxylic acids is 2. The predicted octanol–water partition coefficient (Wildman–Crippen LogP) is 21.4. The second-order valence-electron chi connectivity index (χ2n) is 23.2. The van der Waals surface area contributed by atoms with Crippen LogP contribution in [0.4, 0.5) is 0 Å². The Kier molecular flexibility index (Phi) is 62.4. The predicted molar refractivity (Wildman–Crippen MR) is 324 cm³/mol. The molecule has 0 aliphatic carbocycles. The summed E-state index contributed by atoms with van der Waals surface area (Å²) in [6, 6.07) is -0.639. The van der Waals surface area contributed by atoms with E-state index in [0.717, 1.165) is 57.8 Å². The first kappa shape index (κ1) is 72.3. The molecule has 0 spiro atoms. The van der Waals surface area contributed by atoms with Crippen molar-refractivity contribution in [1.82, 2.24) is 5.32 Å². The molecule has 0 rings (SSSR count). The summed E-state index contributed by atoms with van der Waals surface area (Å²) in [5.74, 6) is -0.0719. The van der Waals surface area contributed by atoms with Crippen molar-refractivity contribution < 1.29 is 24.5 Å². The standard InChI is InChI=1S/C68H131NO5/c1-3-5-7-9-11-13-15-17-19-21-22-23-24-25-26-29-32-36-40-44-48-52-56-60-66(71)65(64-70)69-67(72)61-57-53-49-45-41-37-33-30-27-28-31-35-39-43-47-51-55-59-63-74-68(73)62-58-54-50-46-42-38-34-20-18-16-14-12-10-8-6-4-2/h30,33,56,60,65-66,70-71H,3-29,31-32,34-55,57-59,61-64H2,1-2H3,(H,69,72)/b33-30-,60-56+. The molecular weight excluding hydrogens is 911 g/mol. The minimum Gasteiger partial charge on any atom is -0.466 e. The molecule has 0 aromatic carbocycles. The Bertz CT molecular complexity index is 1150. The van der Waals surface area contributed by atoms with E-state index in [1.165, 1.54) is 289 Å². The highest BCUT2D eigenvalue weighted by Gasteiger charge is 2.18. The number of nitrogens with one attached hydrogen (secondary N) is 1. The maximum absolute atomic E-state index is 12.5. The number of hydrogen-bond acceptors (Lipinski definition) is 5. The molecule has 0 aromatic rings. The van der Waals surface area contributed by atoms with Crippen LogP contribution < -0.4 is 5.32 Å². The van der Waals surface area contributed by atoms with Gasteiger partial charge in [0.2, 0.25) is 5.91 Å². The van der Waals surface area contributed by atoms with Crippen LogP contribution in [0.3, 0.4) is 0 Å². The summed E-state index contributed by atoms with van der Waals surface area (Å²) in [5.41, 5.74) is 0. The lowest BCUT2D eigenvalue weighted by atomic mass is 10.0. The third kappa shape index (κ3) is 59.6. The minimum absolute atomic E-state index is 0.00642. The summed E-state index contributed by atoms with van der Waals surface area (Å²) in [6.45, 7) is 4.93. The number of esters is 1. The third-order valence-electron chi connectivity index (χ3n) is 15.7. The number of carbonyl (C=O) groups is 2. The molecule has 0 saturated carbocycles. The van der Waals surface area contributed by atoms with Crippen LogP contribution >= 0.6 is 0 Å². The lowest BCUT2D eigenvalue weighted by molar-refractivity contribution is -0.143. The van der Waals surface area contributed by atoms with Gasteiger partial charge in [-0.3, -0.25) is 9.59 Å². The number of unbranched alkanes of at least 4 members (excludes halogenated alkanes) is 50. The highest BCUT2D eigenvalue weighted by molar-refractivity contribution is 5.76. The number of aliphatic hydroxyl groups excluding tert-OH is 2. The lowest BCUT2D eigenvalue weighted by Gasteiger charge is -2.20. The Labute approximate surface area is 462 Å². The van der Waals surface area contributed by atoms with Crippen molar-refractivity contribution in [3.63, 3.8) is 0 Å². The second kappa shape index (κ2) is 63.9. The molecule has 2 atom stereocenters. The molecule has 2 unspecified atom stereocenters. The van der Waals surface area contributed by atoms with E-state index in [2.05, 4.69) is 31.3 Å². The highest BCUT2D eigenvalue weighted by atomic mass is 16.5. The Balaban J connectivity index is 3.46. The topological polar surface area (TPSA) is 95.9 Å². The zero-order valence-corrected chi connectivity index (χ0v) is 50.1. The van der Waals surface area contributed by atoms with E-state index >= 15 is 0 Å². The zero-order chi connectivity index (χ0) is 53.6. The van der Waals surface area contributed by atoms with Gasteiger partial charge in [0.25, 0.3) is 0 Å². The van der Waals surface area contributed by atoms with E-state index in [1.54, 1.807) is 6.08 Å². The van der Waals surface area contributed by atoms with E-state index in [9.17, 15) is 19.8 Å². The molecule has 0 saturated heterocycles. The van der Waals surface area contributed by atoms with Crippen LogP contribution in [0.15, 0.2) is 24.3 Å². The summed E-state index contributed by atoms with van der Waals surface area (Å²) in [4.78, 5) is 24.6. The van der Waals surface area contributed by atoms with Crippen LogP contribution in [0.5, 0.6) is 0 Å². The van der Waals surface area contributed by atoms with Crippen molar-refractivity contribution in [3.8, 4) is 0 Å². The minimum atomic E-state index is -0.854. The number of ether oxygens (including phenoxy) is 1. The smallest absolute Gasteiger partial charge is 0.305 e. The molecule has 0 bridgehead atoms. The Morgan fingerprint density at radius 1 is 0.365 bits per heavy atom. The average molecular weight is 1040 g/mol. The quantitative estimate of drug-likeness (QED) is 0.0320. The molecular formula is C68H131NO5. The van der Waals surface area contributed by atoms with Crippen LogP contribution in [0.2, 0.25) is 0 Å². The molecule has 6 heteroatoms. The fourth-order valence-corrected chi connectivity index (χ4v) is 10.6. The third-order valence-corrected chi connectivity index (χ3v) is 15.7. The molecule has 74 heavy (non-hydrogen) atoms. The normalized spacial score (nSPS) is 12.6. The SMILES string of the molecule is CCCCCCCCCCCCCCCCCCCCCCC/C=C/C(O)C(CO)NC(=O)CCCCCCC/C=C\CCCCCCCCCCCOC(=O)CCCCCCCCCCCCCCCCCC. The lowest BCUT2D eigenvalue weighted by Crippen LogP contribution is -2.45. The van der Waals surface area contributed by atoms with E-state index in [0.29, 0.717) is 19.4 Å². The summed E-state index contributed by atoms with van der Waals surface area (Å²) in [6.07, 6.45) is 79.5. The number of hydrogen-bond donors (Lipinski definition) is 3. The van der Waals surface area contributed by atoms with Gasteiger partial charge < -0.3 is 20.3 Å². The first-order chi connectivity index (χ1) is 36.5. The maximum Gasteiger partial charge on any atom is 0.305 e. The van der Waals surface area contributed by atoms with Crippen molar-refractivity contribution in [3.05, 3.63) is 24.3 Å². The first-order valence-electron chi connectivity index (χ1n) is 33.6. The van der Waals surface area contributed by atoms with E-state index in [-0.39, 0.29) is 18.5 Å². The fraction of sp³-hybridized carbons (Fsp3) is 0.912. The Morgan fingerprint density at radius 2 is 0.635 bits per heavy atom. The van der Waals surface area contributed by atoms with Gasteiger partial charge in [0.1, 0.15) is 0 Å². The van der Waals surface area contributed by atoms with Crippen molar-refractivity contribution in [2.75, 3.05) is 13.2 Å². The van der Waals surface area contributed by atoms with E-state index in [4.69, 9.17) is 4.74 Å².